The second-order valence-electron chi connectivity index (χ2n) is 6.51. The van der Waals surface area contributed by atoms with Gasteiger partial charge in [-0.15, -0.1) is 11.8 Å². The molecule has 1 fully saturated rings. The number of hydrogen-bond acceptors (Lipinski definition) is 2. The van der Waals surface area contributed by atoms with Gasteiger partial charge in [0.1, 0.15) is 0 Å². The van der Waals surface area contributed by atoms with Crippen molar-refractivity contribution < 1.29 is 0 Å². The van der Waals surface area contributed by atoms with E-state index in [1.807, 2.05) is 0 Å². The summed E-state index contributed by atoms with van der Waals surface area (Å²) in [6.45, 7) is 4.46. The summed E-state index contributed by atoms with van der Waals surface area (Å²) in [4.78, 5) is 1.49. The first-order valence-electron chi connectivity index (χ1n) is 7.78. The van der Waals surface area contributed by atoms with Crippen LogP contribution in [-0.2, 0) is 11.8 Å². The molecule has 0 spiro atoms. The lowest BCUT2D eigenvalue weighted by Crippen LogP contribution is -2.57. The van der Waals surface area contributed by atoms with Crippen molar-refractivity contribution in [3.8, 4) is 0 Å². The van der Waals surface area contributed by atoms with E-state index in [1.165, 1.54) is 28.9 Å². The molecule has 21 heavy (non-hydrogen) atoms. The van der Waals surface area contributed by atoms with Crippen LogP contribution in [-0.4, -0.2) is 18.3 Å². The van der Waals surface area contributed by atoms with Gasteiger partial charge in [0.25, 0.3) is 0 Å². The summed E-state index contributed by atoms with van der Waals surface area (Å²) < 4.78 is 0. The molecule has 1 saturated heterocycles. The SMILES string of the molecule is Cc1cccc(C2(CC3Cc4ccccc4S3)CNC2)c1. The van der Waals surface area contributed by atoms with Crippen molar-refractivity contribution in [1.29, 1.82) is 0 Å². The number of hydrogen-bond donors (Lipinski definition) is 1. The molecule has 1 unspecified atom stereocenters. The smallest absolute Gasteiger partial charge is 0.0213 e. The monoisotopic (exact) mass is 295 g/mol. The van der Waals surface area contributed by atoms with Crippen LogP contribution < -0.4 is 5.32 Å². The summed E-state index contributed by atoms with van der Waals surface area (Å²) in [5.41, 5.74) is 4.80. The van der Waals surface area contributed by atoms with Crippen LogP contribution in [0.2, 0.25) is 0 Å². The molecule has 0 saturated carbocycles. The first kappa shape index (κ1) is 13.4. The van der Waals surface area contributed by atoms with Gasteiger partial charge in [-0.3, -0.25) is 0 Å². The summed E-state index contributed by atoms with van der Waals surface area (Å²) in [6, 6.07) is 18.0. The Hall–Kier alpha value is -1.25. The highest BCUT2D eigenvalue weighted by molar-refractivity contribution is 8.00. The second-order valence-corrected chi connectivity index (χ2v) is 7.85. The number of aryl methyl sites for hydroxylation is 1. The number of nitrogens with one attached hydrogen (secondary N) is 1. The minimum absolute atomic E-state index is 0.353. The maximum Gasteiger partial charge on any atom is 0.0213 e. The van der Waals surface area contributed by atoms with Gasteiger partial charge in [-0.25, -0.2) is 0 Å². The van der Waals surface area contributed by atoms with Crippen LogP contribution in [0.3, 0.4) is 0 Å². The van der Waals surface area contributed by atoms with Gasteiger partial charge >= 0.3 is 0 Å². The first-order chi connectivity index (χ1) is 10.3. The Morgan fingerprint density at radius 2 is 2.00 bits per heavy atom. The summed E-state index contributed by atoms with van der Waals surface area (Å²) in [7, 11) is 0. The van der Waals surface area contributed by atoms with Crippen molar-refractivity contribution in [2.24, 2.45) is 0 Å². The average molecular weight is 295 g/mol. The standard InChI is InChI=1S/C19H21NS/c1-14-5-4-7-16(9-14)19(12-20-13-19)11-17-10-15-6-2-3-8-18(15)21-17/h2-9,17,20H,10-13H2,1H3. The van der Waals surface area contributed by atoms with E-state index in [-0.39, 0.29) is 0 Å². The van der Waals surface area contributed by atoms with Crippen molar-refractivity contribution >= 4 is 11.8 Å². The van der Waals surface area contributed by atoms with Crippen molar-refractivity contribution in [2.75, 3.05) is 13.1 Å². The second kappa shape index (κ2) is 5.19. The van der Waals surface area contributed by atoms with Crippen molar-refractivity contribution in [2.45, 2.75) is 35.3 Å². The molecule has 2 aromatic rings. The fourth-order valence-corrected chi connectivity index (χ4v) is 5.16. The van der Waals surface area contributed by atoms with Gasteiger partial charge in [-0.05, 0) is 37.0 Å². The molecule has 108 valence electrons. The predicted molar refractivity (Wildman–Crippen MR) is 90.1 cm³/mol. The third kappa shape index (κ3) is 2.41. The van der Waals surface area contributed by atoms with Gasteiger partial charge in [0, 0.05) is 28.6 Å². The van der Waals surface area contributed by atoms with Crippen molar-refractivity contribution in [3.63, 3.8) is 0 Å². The van der Waals surface area contributed by atoms with Crippen LogP contribution in [0.25, 0.3) is 0 Å². The molecule has 4 rings (SSSR count). The Labute approximate surface area is 131 Å². The van der Waals surface area contributed by atoms with Crippen molar-refractivity contribution in [1.82, 2.24) is 5.32 Å². The van der Waals surface area contributed by atoms with E-state index < -0.39 is 0 Å². The zero-order valence-corrected chi connectivity index (χ0v) is 13.2. The van der Waals surface area contributed by atoms with E-state index in [2.05, 4.69) is 72.5 Å². The maximum absolute atomic E-state index is 3.51. The molecule has 0 aromatic heterocycles. The van der Waals surface area contributed by atoms with Crippen LogP contribution in [0, 0.1) is 6.92 Å². The molecule has 2 aromatic carbocycles. The Bertz CT molecular complexity index is 635. The molecule has 1 N–H and O–H groups in total. The highest BCUT2D eigenvalue weighted by Crippen LogP contribution is 2.44. The van der Waals surface area contributed by atoms with Crippen LogP contribution >= 0.6 is 11.8 Å². The molecule has 2 heteroatoms. The Kier molecular flexibility index (Phi) is 3.31. The molecule has 1 nitrogen and oxygen atoms in total. The summed E-state index contributed by atoms with van der Waals surface area (Å²) in [5, 5.41) is 4.23. The van der Waals surface area contributed by atoms with Gasteiger partial charge < -0.3 is 5.32 Å². The van der Waals surface area contributed by atoms with E-state index in [4.69, 9.17) is 0 Å². The number of fused-ring (bicyclic) bond motifs is 1. The lowest BCUT2D eigenvalue weighted by Gasteiger charge is -2.45. The third-order valence-electron chi connectivity index (χ3n) is 4.89. The summed E-state index contributed by atoms with van der Waals surface area (Å²) >= 11 is 2.08. The Morgan fingerprint density at radius 1 is 1.14 bits per heavy atom. The van der Waals surface area contributed by atoms with Crippen LogP contribution in [0.4, 0.5) is 0 Å². The molecular formula is C19H21NS. The molecular weight excluding hydrogens is 274 g/mol. The van der Waals surface area contributed by atoms with E-state index in [1.54, 1.807) is 5.56 Å². The maximum atomic E-state index is 3.51. The zero-order chi connectivity index (χ0) is 14.3. The van der Waals surface area contributed by atoms with E-state index in [9.17, 15) is 0 Å². The van der Waals surface area contributed by atoms with Crippen LogP contribution in [0.1, 0.15) is 23.1 Å². The first-order valence-corrected chi connectivity index (χ1v) is 8.66. The normalized spacial score (nSPS) is 22.6. The van der Waals surface area contributed by atoms with Crippen molar-refractivity contribution in [3.05, 3.63) is 65.2 Å². The van der Waals surface area contributed by atoms with Crippen LogP contribution in [0.15, 0.2) is 53.4 Å². The minimum atomic E-state index is 0.353. The lowest BCUT2D eigenvalue weighted by atomic mass is 9.71. The lowest BCUT2D eigenvalue weighted by molar-refractivity contribution is 0.256. The predicted octanol–water partition coefficient (Wildman–Crippen LogP) is 3.94. The average Bonchev–Trinajstić information content (AvgIpc) is 2.85. The Balaban J connectivity index is 1.56. The molecule has 0 radical (unpaired) electrons. The van der Waals surface area contributed by atoms with E-state index in [0.29, 0.717) is 5.41 Å². The van der Waals surface area contributed by atoms with Gasteiger partial charge in [0.2, 0.25) is 0 Å². The topological polar surface area (TPSA) is 12.0 Å². The largest absolute Gasteiger partial charge is 0.315 e. The molecule has 0 bridgehead atoms. The van der Waals surface area contributed by atoms with Gasteiger partial charge in [0.05, 0.1) is 0 Å². The van der Waals surface area contributed by atoms with Gasteiger partial charge in [-0.1, -0.05) is 48.0 Å². The fraction of sp³-hybridized carbons (Fsp3) is 0.368. The highest BCUT2D eigenvalue weighted by atomic mass is 32.2. The molecule has 2 heterocycles. The molecule has 0 aliphatic carbocycles. The zero-order valence-electron chi connectivity index (χ0n) is 12.4. The number of rotatable bonds is 3. The van der Waals surface area contributed by atoms with E-state index >= 15 is 0 Å². The van der Waals surface area contributed by atoms with Gasteiger partial charge in [-0.2, -0.15) is 0 Å². The minimum Gasteiger partial charge on any atom is -0.315 e. The third-order valence-corrected chi connectivity index (χ3v) is 6.21. The molecule has 1 atom stereocenters. The van der Waals surface area contributed by atoms with Gasteiger partial charge in [0.15, 0.2) is 0 Å². The van der Waals surface area contributed by atoms with E-state index in [0.717, 1.165) is 18.3 Å². The number of benzene rings is 2. The molecule has 2 aliphatic heterocycles. The molecule has 0 amide bonds. The summed E-state index contributed by atoms with van der Waals surface area (Å²) in [5.74, 6) is 0. The fourth-order valence-electron chi connectivity index (χ4n) is 3.67. The highest BCUT2D eigenvalue weighted by Gasteiger charge is 2.41. The summed E-state index contributed by atoms with van der Waals surface area (Å²) in [6.07, 6.45) is 2.51. The number of thioether (sulfide) groups is 1. The Morgan fingerprint density at radius 3 is 2.71 bits per heavy atom. The quantitative estimate of drug-likeness (QED) is 0.920. The molecule has 2 aliphatic rings. The van der Waals surface area contributed by atoms with Crippen LogP contribution in [0.5, 0.6) is 0 Å².